The highest BCUT2D eigenvalue weighted by atomic mass is 16.3. The van der Waals surface area contributed by atoms with Crippen molar-refractivity contribution in [3.8, 4) is 0 Å². The van der Waals surface area contributed by atoms with Gasteiger partial charge in [-0.15, -0.1) is 0 Å². The first-order valence-corrected chi connectivity index (χ1v) is 13.8. The van der Waals surface area contributed by atoms with E-state index in [4.69, 9.17) is 0 Å². The fourth-order valence-electron chi connectivity index (χ4n) is 11.5. The second kappa shape index (κ2) is 7.09. The van der Waals surface area contributed by atoms with Crippen molar-refractivity contribution in [2.75, 3.05) is 6.61 Å². The molecule has 4 unspecified atom stereocenters. The van der Waals surface area contributed by atoms with Gasteiger partial charge >= 0.3 is 0 Å². The second-order valence-electron chi connectivity index (χ2n) is 14.6. The van der Waals surface area contributed by atoms with Crippen LogP contribution in [0.15, 0.2) is 12.2 Å². The van der Waals surface area contributed by atoms with Crippen LogP contribution in [0.3, 0.4) is 0 Å². The van der Waals surface area contributed by atoms with Crippen LogP contribution >= 0.6 is 0 Å². The molecule has 0 aliphatic heterocycles. The van der Waals surface area contributed by atoms with Crippen molar-refractivity contribution >= 4 is 0 Å². The zero-order valence-corrected chi connectivity index (χ0v) is 21.8. The third-order valence-corrected chi connectivity index (χ3v) is 13.5. The summed E-state index contributed by atoms with van der Waals surface area (Å²) < 4.78 is 0. The first-order chi connectivity index (χ1) is 14.9. The van der Waals surface area contributed by atoms with E-state index in [9.17, 15) is 10.2 Å². The molecule has 5 fully saturated rings. The lowest BCUT2D eigenvalue weighted by Gasteiger charge is -2.73. The van der Waals surface area contributed by atoms with Gasteiger partial charge in [-0.2, -0.15) is 0 Å². The second-order valence-corrected chi connectivity index (χ2v) is 14.6. The summed E-state index contributed by atoms with van der Waals surface area (Å²) in [6, 6.07) is 0. The number of aliphatic hydroxyl groups is 2. The summed E-state index contributed by atoms with van der Waals surface area (Å²) in [5.74, 6) is 3.33. The van der Waals surface area contributed by atoms with Gasteiger partial charge in [0.15, 0.2) is 0 Å². The number of fused-ring (bicyclic) bond motifs is 7. The molecule has 5 saturated carbocycles. The highest BCUT2D eigenvalue weighted by Gasteiger charge is 2.70. The first kappa shape index (κ1) is 23.4. The maximum atomic E-state index is 10.9. The van der Waals surface area contributed by atoms with E-state index in [1.807, 2.05) is 0 Å². The van der Waals surface area contributed by atoms with Gasteiger partial charge in [0.1, 0.15) is 0 Å². The van der Waals surface area contributed by atoms with Gasteiger partial charge in [0.2, 0.25) is 0 Å². The summed E-state index contributed by atoms with van der Waals surface area (Å²) in [5, 5.41) is 21.5. The van der Waals surface area contributed by atoms with Crippen molar-refractivity contribution in [2.45, 2.75) is 112 Å². The van der Waals surface area contributed by atoms with E-state index in [0.29, 0.717) is 40.6 Å². The maximum absolute atomic E-state index is 10.9. The summed E-state index contributed by atoms with van der Waals surface area (Å²) in [5.41, 5.74) is 2.60. The van der Waals surface area contributed by atoms with Crippen LogP contribution in [-0.2, 0) is 0 Å². The molecule has 0 aromatic rings. The minimum Gasteiger partial charge on any atom is -0.396 e. The fraction of sp³-hybridized carbons (Fsp3) is 0.933. The predicted molar refractivity (Wildman–Crippen MR) is 132 cm³/mol. The Hall–Kier alpha value is -0.340. The SMILES string of the molecule is C=C(C)C1CC[C@]2(CO)CC[C@]3(C)[C@H](CCC4[C@@]5(C)CC[C@@H](O)C(C)(C)C5CC[C@]43C)C12. The Kier molecular flexibility index (Phi) is 5.19. The van der Waals surface area contributed by atoms with Crippen LogP contribution in [0.1, 0.15) is 106 Å². The van der Waals surface area contributed by atoms with Crippen LogP contribution in [0.2, 0.25) is 0 Å². The molecule has 5 rings (SSSR count). The molecule has 0 bridgehead atoms. The standard InChI is InChI=1S/C30H50O2/c1-19(2)20-10-15-30(18-31)17-16-28(6)21(25(20)30)8-9-23-27(5)13-12-24(32)26(3,4)22(27)11-14-29(23,28)7/h20-25,31-32H,1,8-18H2,2-7H3/t20?,21-,22?,23?,24-,25?,27+,28-,29-,30-/m1/s1. The molecule has 10 atom stereocenters. The van der Waals surface area contributed by atoms with Gasteiger partial charge in [-0.05, 0) is 128 Å². The van der Waals surface area contributed by atoms with E-state index in [2.05, 4.69) is 48.1 Å². The molecule has 32 heavy (non-hydrogen) atoms. The van der Waals surface area contributed by atoms with E-state index in [1.165, 1.54) is 63.4 Å². The molecule has 2 N–H and O–H groups in total. The number of hydrogen-bond donors (Lipinski definition) is 2. The lowest BCUT2D eigenvalue weighted by atomic mass is 9.32. The van der Waals surface area contributed by atoms with E-state index in [0.717, 1.165) is 18.3 Å². The quantitative estimate of drug-likeness (QED) is 0.452. The Labute approximate surface area is 197 Å². The summed E-state index contributed by atoms with van der Waals surface area (Å²) in [6.45, 7) is 19.7. The van der Waals surface area contributed by atoms with Crippen LogP contribution in [0.5, 0.6) is 0 Å². The zero-order valence-electron chi connectivity index (χ0n) is 21.8. The lowest BCUT2D eigenvalue weighted by Crippen LogP contribution is -2.66. The minimum atomic E-state index is -0.147. The molecular formula is C30H50O2. The van der Waals surface area contributed by atoms with Crippen LogP contribution in [0, 0.1) is 56.7 Å². The third kappa shape index (κ3) is 2.66. The van der Waals surface area contributed by atoms with E-state index in [1.54, 1.807) is 0 Å². The monoisotopic (exact) mass is 442 g/mol. The molecule has 0 spiro atoms. The molecule has 0 heterocycles. The average Bonchev–Trinajstić information content (AvgIpc) is 3.12. The van der Waals surface area contributed by atoms with E-state index >= 15 is 0 Å². The van der Waals surface area contributed by atoms with Gasteiger partial charge in [0, 0.05) is 6.61 Å². The van der Waals surface area contributed by atoms with Crippen LogP contribution in [-0.4, -0.2) is 22.9 Å². The van der Waals surface area contributed by atoms with Crippen LogP contribution < -0.4 is 0 Å². The van der Waals surface area contributed by atoms with E-state index in [-0.39, 0.29) is 16.9 Å². The smallest absolute Gasteiger partial charge is 0.0594 e. The van der Waals surface area contributed by atoms with E-state index < -0.39 is 0 Å². The Morgan fingerprint density at radius 3 is 2.19 bits per heavy atom. The molecular weight excluding hydrogens is 392 g/mol. The minimum absolute atomic E-state index is 0.0290. The molecule has 2 heteroatoms. The Balaban J connectivity index is 1.55. The van der Waals surface area contributed by atoms with Gasteiger partial charge in [-0.1, -0.05) is 46.8 Å². The highest BCUT2D eigenvalue weighted by molar-refractivity contribution is 5.21. The number of rotatable bonds is 2. The fourth-order valence-corrected chi connectivity index (χ4v) is 11.5. The summed E-state index contributed by atoms with van der Waals surface area (Å²) >= 11 is 0. The summed E-state index contributed by atoms with van der Waals surface area (Å²) in [7, 11) is 0. The average molecular weight is 443 g/mol. The molecule has 0 aromatic heterocycles. The van der Waals surface area contributed by atoms with Crippen molar-refractivity contribution in [2.24, 2.45) is 56.7 Å². The number of aliphatic hydroxyl groups excluding tert-OH is 2. The number of allylic oxidation sites excluding steroid dienone is 1. The molecule has 0 saturated heterocycles. The molecule has 0 amide bonds. The summed E-state index contributed by atoms with van der Waals surface area (Å²) in [6.07, 6.45) is 12.2. The summed E-state index contributed by atoms with van der Waals surface area (Å²) in [4.78, 5) is 0. The predicted octanol–water partition coefficient (Wildman–Crippen LogP) is 7.00. The molecule has 0 aromatic carbocycles. The van der Waals surface area contributed by atoms with Gasteiger partial charge < -0.3 is 10.2 Å². The highest BCUT2D eigenvalue weighted by Crippen LogP contribution is 2.77. The normalized spacial score (nSPS) is 56.5. The van der Waals surface area contributed by atoms with Gasteiger partial charge in [0.05, 0.1) is 6.10 Å². The Bertz CT molecular complexity index is 786. The molecule has 2 nitrogen and oxygen atoms in total. The Morgan fingerprint density at radius 1 is 0.812 bits per heavy atom. The maximum Gasteiger partial charge on any atom is 0.0594 e. The first-order valence-electron chi connectivity index (χ1n) is 13.8. The molecule has 5 aliphatic carbocycles. The van der Waals surface area contributed by atoms with Crippen LogP contribution in [0.25, 0.3) is 0 Å². The van der Waals surface area contributed by atoms with Crippen LogP contribution in [0.4, 0.5) is 0 Å². The topological polar surface area (TPSA) is 40.5 Å². The molecule has 0 radical (unpaired) electrons. The lowest BCUT2D eigenvalue weighted by molar-refractivity contribution is -0.249. The van der Waals surface area contributed by atoms with Crippen molar-refractivity contribution in [3.05, 3.63) is 12.2 Å². The largest absolute Gasteiger partial charge is 0.396 e. The van der Waals surface area contributed by atoms with Gasteiger partial charge in [-0.3, -0.25) is 0 Å². The Morgan fingerprint density at radius 2 is 1.53 bits per heavy atom. The van der Waals surface area contributed by atoms with Crippen molar-refractivity contribution in [3.63, 3.8) is 0 Å². The molecule has 182 valence electrons. The van der Waals surface area contributed by atoms with Gasteiger partial charge in [0.25, 0.3) is 0 Å². The third-order valence-electron chi connectivity index (χ3n) is 13.5. The van der Waals surface area contributed by atoms with Gasteiger partial charge in [-0.25, -0.2) is 0 Å². The van der Waals surface area contributed by atoms with Crippen molar-refractivity contribution in [1.29, 1.82) is 0 Å². The number of hydrogen-bond acceptors (Lipinski definition) is 2. The zero-order chi connectivity index (χ0) is 23.3. The van der Waals surface area contributed by atoms with Crippen molar-refractivity contribution in [1.82, 2.24) is 0 Å². The molecule has 5 aliphatic rings. The van der Waals surface area contributed by atoms with Crippen molar-refractivity contribution < 1.29 is 10.2 Å².